The van der Waals surface area contributed by atoms with Crippen LogP contribution in [0.3, 0.4) is 0 Å². The van der Waals surface area contributed by atoms with E-state index < -0.39 is 12.1 Å². The number of benzene rings is 2. The second-order valence-corrected chi connectivity index (χ2v) is 10.00. The Bertz CT molecular complexity index is 2030. The van der Waals surface area contributed by atoms with E-state index in [9.17, 15) is 18.3 Å². The summed E-state index contributed by atoms with van der Waals surface area (Å²) in [5.74, 6) is -2.76. The molecule has 7 rings (SSSR count). The number of carboxylic acids is 1. The largest absolute Gasteiger partial charge is 0.490 e. The van der Waals surface area contributed by atoms with E-state index in [2.05, 4.69) is 27.1 Å². The van der Waals surface area contributed by atoms with Gasteiger partial charge in [-0.3, -0.25) is 0 Å². The monoisotopic (exact) mass is 630 g/mol. The highest BCUT2D eigenvalue weighted by atomic mass is 19.4. The van der Waals surface area contributed by atoms with Gasteiger partial charge in [0, 0.05) is 24.0 Å². The summed E-state index contributed by atoms with van der Waals surface area (Å²) in [6, 6.07) is 21.7. The first kappa shape index (κ1) is 30.2. The number of anilines is 1. The Hall–Kier alpha value is -5.83. The smallest absolute Gasteiger partial charge is 0.478 e. The molecule has 6 aromatic rings. The molecule has 2 N–H and O–H groups in total. The minimum atomic E-state index is -5.08. The third kappa shape index (κ3) is 6.49. The third-order valence-electron chi connectivity index (χ3n) is 7.04. The number of halogens is 3. The highest BCUT2D eigenvalue weighted by molar-refractivity contribution is 5.84. The number of aromatic nitrogens is 7. The van der Waals surface area contributed by atoms with E-state index in [4.69, 9.17) is 29.7 Å². The third-order valence-corrected chi connectivity index (χ3v) is 7.04. The standard InChI is InChI=1S/C29H24N8O2.C2HF3O2/c38-29-30-19-36(34-29)23-10-6-21(7-11-23)27-25(12-9-22-8-5-20-3-1-2-4-24(20)32-22)33-28-26(13-14-31-37(27)28)35-15-17-39-18-16-35;3-2(4,5)1(6)7/h1-14,19H,15-18H2,(H,34,38);(H,6,7)/b12-9+;. The molecule has 0 bridgehead atoms. The number of morpholine rings is 1. The molecule has 12 nitrogen and oxygen atoms in total. The fraction of sp³-hybridized carbons (Fsp3) is 0.161. The number of imidazole rings is 1. The minimum Gasteiger partial charge on any atom is -0.478 e. The van der Waals surface area contributed by atoms with Crippen LogP contribution < -0.4 is 4.90 Å². The van der Waals surface area contributed by atoms with Crippen molar-refractivity contribution in [2.75, 3.05) is 31.2 Å². The summed E-state index contributed by atoms with van der Waals surface area (Å²) >= 11 is 0. The lowest BCUT2D eigenvalue weighted by molar-refractivity contribution is -0.192. The Labute approximate surface area is 258 Å². The predicted molar refractivity (Wildman–Crippen MR) is 162 cm³/mol. The summed E-state index contributed by atoms with van der Waals surface area (Å²) in [6.45, 7) is 2.96. The van der Waals surface area contributed by atoms with Gasteiger partial charge in [-0.25, -0.2) is 24.0 Å². The number of hydrogen-bond donors (Lipinski definition) is 2. The maximum atomic E-state index is 10.6. The number of aromatic hydroxyl groups is 1. The number of ether oxygens (including phenoxy) is 1. The van der Waals surface area contributed by atoms with Crippen molar-refractivity contribution in [2.24, 2.45) is 0 Å². The molecule has 5 heterocycles. The van der Waals surface area contributed by atoms with Crippen molar-refractivity contribution in [1.29, 1.82) is 0 Å². The van der Waals surface area contributed by atoms with Crippen LogP contribution in [0.1, 0.15) is 11.4 Å². The molecule has 15 heteroatoms. The first-order chi connectivity index (χ1) is 22.2. The summed E-state index contributed by atoms with van der Waals surface area (Å²) in [7, 11) is 0. The quantitative estimate of drug-likeness (QED) is 0.271. The van der Waals surface area contributed by atoms with Crippen LogP contribution in [0, 0.1) is 0 Å². The van der Waals surface area contributed by atoms with E-state index in [1.807, 2.05) is 77.5 Å². The van der Waals surface area contributed by atoms with Crippen molar-refractivity contribution in [3.8, 4) is 23.0 Å². The first-order valence-corrected chi connectivity index (χ1v) is 13.9. The van der Waals surface area contributed by atoms with E-state index in [1.165, 1.54) is 11.0 Å². The first-order valence-electron chi connectivity index (χ1n) is 13.9. The number of rotatable bonds is 5. The molecule has 0 saturated carbocycles. The molecule has 0 radical (unpaired) electrons. The summed E-state index contributed by atoms with van der Waals surface area (Å²) in [5.41, 5.74) is 6.96. The molecule has 0 aliphatic carbocycles. The Kier molecular flexibility index (Phi) is 8.31. The highest BCUT2D eigenvalue weighted by Gasteiger charge is 2.38. The zero-order chi connectivity index (χ0) is 32.3. The van der Waals surface area contributed by atoms with Crippen LogP contribution in [0.5, 0.6) is 6.01 Å². The Morgan fingerprint density at radius 1 is 0.935 bits per heavy atom. The number of fused-ring (bicyclic) bond motifs is 2. The Balaban J connectivity index is 0.000000480. The normalized spacial score (nSPS) is 13.7. The molecule has 0 spiro atoms. The van der Waals surface area contributed by atoms with Crippen molar-refractivity contribution < 1.29 is 32.9 Å². The Morgan fingerprint density at radius 2 is 1.67 bits per heavy atom. The molecular weight excluding hydrogens is 605 g/mol. The summed E-state index contributed by atoms with van der Waals surface area (Å²) < 4.78 is 40.7. The van der Waals surface area contributed by atoms with Gasteiger partial charge in [-0.15, -0.1) is 5.10 Å². The molecular formula is C31H25F3N8O4. The molecule has 2 aromatic carbocycles. The van der Waals surface area contributed by atoms with Crippen LogP contribution in [0.25, 0.3) is 45.6 Å². The van der Waals surface area contributed by atoms with Gasteiger partial charge in [-0.1, -0.05) is 36.4 Å². The van der Waals surface area contributed by atoms with E-state index >= 15 is 0 Å². The van der Waals surface area contributed by atoms with Crippen LogP contribution in [0.4, 0.5) is 18.9 Å². The van der Waals surface area contributed by atoms with Crippen molar-refractivity contribution in [2.45, 2.75) is 6.18 Å². The maximum Gasteiger partial charge on any atom is 0.490 e. The summed E-state index contributed by atoms with van der Waals surface area (Å²) in [6.07, 6.45) is 2.18. The zero-order valence-corrected chi connectivity index (χ0v) is 23.9. The molecule has 46 heavy (non-hydrogen) atoms. The lowest BCUT2D eigenvalue weighted by atomic mass is 10.1. The van der Waals surface area contributed by atoms with Crippen LogP contribution >= 0.6 is 0 Å². The maximum absolute atomic E-state index is 10.6. The van der Waals surface area contributed by atoms with E-state index in [0.717, 1.165) is 63.7 Å². The number of carboxylic acid groups (broad SMARTS) is 1. The molecule has 1 aliphatic rings. The van der Waals surface area contributed by atoms with Gasteiger partial charge in [0.15, 0.2) is 5.65 Å². The highest BCUT2D eigenvalue weighted by Crippen LogP contribution is 2.31. The van der Waals surface area contributed by atoms with Crippen molar-refractivity contribution >= 4 is 40.4 Å². The Morgan fingerprint density at radius 3 is 2.37 bits per heavy atom. The number of hydrogen-bond acceptors (Lipinski definition) is 9. The fourth-order valence-electron chi connectivity index (χ4n) is 4.88. The van der Waals surface area contributed by atoms with Gasteiger partial charge in [0.2, 0.25) is 0 Å². The van der Waals surface area contributed by atoms with Crippen LogP contribution in [0.15, 0.2) is 79.3 Å². The zero-order valence-electron chi connectivity index (χ0n) is 23.9. The number of carbonyl (C=O) groups is 1. The fourth-order valence-corrected chi connectivity index (χ4v) is 4.88. The van der Waals surface area contributed by atoms with Gasteiger partial charge < -0.3 is 19.8 Å². The number of aliphatic carboxylic acids is 1. The lowest BCUT2D eigenvalue weighted by Crippen LogP contribution is -2.36. The molecule has 4 aromatic heterocycles. The molecule has 234 valence electrons. The van der Waals surface area contributed by atoms with Gasteiger partial charge in [0.25, 0.3) is 0 Å². The van der Waals surface area contributed by atoms with Crippen LogP contribution in [-0.4, -0.2) is 83.0 Å². The summed E-state index contributed by atoms with van der Waals surface area (Å²) in [4.78, 5) is 24.8. The summed E-state index contributed by atoms with van der Waals surface area (Å²) in [5, 5.41) is 26.4. The lowest BCUT2D eigenvalue weighted by Gasteiger charge is -2.28. The number of alkyl halides is 3. The number of para-hydroxylation sites is 1. The number of pyridine rings is 1. The van der Waals surface area contributed by atoms with Gasteiger partial charge >= 0.3 is 18.2 Å². The van der Waals surface area contributed by atoms with E-state index in [1.54, 1.807) is 0 Å². The van der Waals surface area contributed by atoms with Crippen molar-refractivity contribution in [1.82, 2.24) is 34.3 Å². The van der Waals surface area contributed by atoms with Gasteiger partial charge in [0.1, 0.15) is 12.0 Å². The second kappa shape index (κ2) is 12.6. The average molecular weight is 631 g/mol. The number of nitrogens with zero attached hydrogens (tertiary/aromatic N) is 8. The predicted octanol–water partition coefficient (Wildman–Crippen LogP) is 4.87. The van der Waals surface area contributed by atoms with Gasteiger partial charge in [-0.05, 0) is 42.5 Å². The van der Waals surface area contributed by atoms with Crippen LogP contribution in [0.2, 0.25) is 0 Å². The van der Waals surface area contributed by atoms with E-state index in [0.29, 0.717) is 13.2 Å². The molecule has 1 aliphatic heterocycles. The van der Waals surface area contributed by atoms with Crippen molar-refractivity contribution in [3.63, 3.8) is 0 Å². The van der Waals surface area contributed by atoms with Crippen molar-refractivity contribution in [3.05, 3.63) is 90.6 Å². The van der Waals surface area contributed by atoms with E-state index in [-0.39, 0.29) is 6.01 Å². The molecule has 0 atom stereocenters. The van der Waals surface area contributed by atoms with Gasteiger partial charge in [0.05, 0.1) is 47.7 Å². The topological polar surface area (TPSA) is 144 Å². The SMILES string of the molecule is O=C(O)C(F)(F)F.Oc1ncn(-c2ccc(-c3c(/C=C/c4ccc5ccccc5n4)nc4c(N5CCOCC5)ccnn34)cc2)n1. The average Bonchev–Trinajstić information content (AvgIpc) is 3.67. The van der Waals surface area contributed by atoms with Crippen LogP contribution in [-0.2, 0) is 9.53 Å². The minimum absolute atomic E-state index is 0.268. The second-order valence-electron chi connectivity index (χ2n) is 10.00. The molecule has 0 unspecified atom stereocenters. The molecule has 1 saturated heterocycles. The molecule has 1 fully saturated rings. The molecule has 0 amide bonds. The van der Waals surface area contributed by atoms with Gasteiger partial charge in [-0.2, -0.15) is 23.3 Å².